The summed E-state index contributed by atoms with van der Waals surface area (Å²) in [5.41, 5.74) is 10.6. The van der Waals surface area contributed by atoms with Gasteiger partial charge in [0.1, 0.15) is 5.75 Å². The molecular weight excluding hydrogens is 496 g/mol. The van der Waals surface area contributed by atoms with Crippen molar-refractivity contribution in [2.24, 2.45) is 10.1 Å². The highest BCUT2D eigenvalue weighted by atomic mass is 16.5. The maximum absolute atomic E-state index is 13.5. The maximum atomic E-state index is 13.5. The van der Waals surface area contributed by atoms with Crippen molar-refractivity contribution in [2.45, 2.75) is 31.0 Å². The molecule has 2 atom stereocenters. The fourth-order valence-electron chi connectivity index (χ4n) is 4.42. The zero-order valence-electron chi connectivity index (χ0n) is 21.6. The largest absolute Gasteiger partial charge is 0.494 e. The Bertz CT molecular complexity index is 1370. The highest BCUT2D eigenvalue weighted by Gasteiger charge is 2.54. The molecule has 0 saturated carbocycles. The van der Waals surface area contributed by atoms with Crippen molar-refractivity contribution in [1.82, 2.24) is 0 Å². The number of nitrogens with zero attached hydrogens (tertiary/aromatic N) is 4. The Morgan fingerprint density at radius 3 is 2.59 bits per heavy atom. The monoisotopic (exact) mass is 526 g/mol. The van der Waals surface area contributed by atoms with Crippen LogP contribution in [-0.2, 0) is 20.8 Å². The minimum Gasteiger partial charge on any atom is -0.494 e. The lowest BCUT2D eigenvalue weighted by Gasteiger charge is -2.29. The lowest BCUT2D eigenvalue weighted by Crippen LogP contribution is -2.41. The SMILES string of the molecule is COC(=O)[C@]1(C/C=C/c2ccccc2)N=C(c2ccc(OCCCO)cc2)O[C@@H]1c1ccccc1CN=[N+]=[N-]. The Balaban J connectivity index is 1.75. The molecule has 9 nitrogen and oxygen atoms in total. The molecule has 0 aromatic heterocycles. The van der Waals surface area contributed by atoms with Gasteiger partial charge in [-0.15, -0.1) is 0 Å². The van der Waals surface area contributed by atoms with Crippen molar-refractivity contribution < 1.29 is 24.1 Å². The van der Waals surface area contributed by atoms with Crippen molar-refractivity contribution in [2.75, 3.05) is 20.3 Å². The number of hydrogen-bond donors (Lipinski definition) is 1. The lowest BCUT2D eigenvalue weighted by atomic mass is 9.83. The Labute approximate surface area is 227 Å². The Morgan fingerprint density at radius 1 is 1.13 bits per heavy atom. The van der Waals surface area contributed by atoms with Gasteiger partial charge in [-0.05, 0) is 46.5 Å². The van der Waals surface area contributed by atoms with Crippen molar-refractivity contribution in [3.63, 3.8) is 0 Å². The number of methoxy groups -OCH3 is 1. The average molecular weight is 527 g/mol. The first-order valence-corrected chi connectivity index (χ1v) is 12.6. The number of carbonyl (C=O) groups excluding carboxylic acids is 1. The third-order valence-electron chi connectivity index (χ3n) is 6.36. The summed E-state index contributed by atoms with van der Waals surface area (Å²) in [6, 6.07) is 24.3. The van der Waals surface area contributed by atoms with Gasteiger partial charge < -0.3 is 19.3 Å². The van der Waals surface area contributed by atoms with Gasteiger partial charge >= 0.3 is 5.97 Å². The molecule has 0 radical (unpaired) electrons. The van der Waals surface area contributed by atoms with E-state index < -0.39 is 17.6 Å². The van der Waals surface area contributed by atoms with Crippen LogP contribution in [0, 0.1) is 0 Å². The van der Waals surface area contributed by atoms with E-state index in [1.165, 1.54) is 7.11 Å². The van der Waals surface area contributed by atoms with Crippen LogP contribution in [0.3, 0.4) is 0 Å². The second-order valence-electron chi connectivity index (χ2n) is 8.89. The average Bonchev–Trinajstić information content (AvgIpc) is 3.37. The molecule has 4 rings (SSSR count). The van der Waals surface area contributed by atoms with E-state index in [0.29, 0.717) is 35.8 Å². The second kappa shape index (κ2) is 13.3. The van der Waals surface area contributed by atoms with Crippen LogP contribution in [0.1, 0.15) is 41.2 Å². The van der Waals surface area contributed by atoms with Crippen LogP contribution in [0.2, 0.25) is 0 Å². The molecule has 3 aromatic carbocycles. The molecule has 0 amide bonds. The summed E-state index contributed by atoms with van der Waals surface area (Å²) in [6.45, 7) is 0.551. The molecule has 1 aliphatic heterocycles. The van der Waals surface area contributed by atoms with Crippen LogP contribution in [0.4, 0.5) is 0 Å². The molecule has 39 heavy (non-hydrogen) atoms. The van der Waals surface area contributed by atoms with Crippen LogP contribution in [0.15, 0.2) is 95.0 Å². The zero-order valence-corrected chi connectivity index (χ0v) is 21.6. The fraction of sp³-hybridized carbons (Fsp3) is 0.267. The third kappa shape index (κ3) is 6.46. The smallest absolute Gasteiger partial charge is 0.338 e. The van der Waals surface area contributed by atoms with E-state index in [1.807, 2.05) is 78.9 Å². The van der Waals surface area contributed by atoms with E-state index in [0.717, 1.165) is 11.1 Å². The van der Waals surface area contributed by atoms with E-state index in [-0.39, 0.29) is 19.6 Å². The third-order valence-corrected chi connectivity index (χ3v) is 6.36. The number of hydrogen-bond acceptors (Lipinski definition) is 7. The van der Waals surface area contributed by atoms with E-state index in [9.17, 15) is 4.79 Å². The van der Waals surface area contributed by atoms with Gasteiger partial charge in [0.2, 0.25) is 11.4 Å². The molecule has 0 saturated heterocycles. The predicted octanol–water partition coefficient (Wildman–Crippen LogP) is 5.79. The molecule has 0 spiro atoms. The number of benzene rings is 3. The molecule has 200 valence electrons. The number of carbonyl (C=O) groups is 1. The molecule has 0 bridgehead atoms. The molecule has 9 heteroatoms. The van der Waals surface area contributed by atoms with Crippen LogP contribution in [0.5, 0.6) is 5.75 Å². The molecular formula is C30H30N4O5. The van der Waals surface area contributed by atoms with Crippen LogP contribution >= 0.6 is 0 Å². The first-order chi connectivity index (χ1) is 19.1. The van der Waals surface area contributed by atoms with Gasteiger partial charge in [-0.1, -0.05) is 71.9 Å². The summed E-state index contributed by atoms with van der Waals surface area (Å²) in [6.07, 6.45) is 3.74. The molecule has 1 aliphatic rings. The molecule has 0 fully saturated rings. The predicted molar refractivity (Wildman–Crippen MR) is 148 cm³/mol. The summed E-state index contributed by atoms with van der Waals surface area (Å²) >= 11 is 0. The summed E-state index contributed by atoms with van der Waals surface area (Å²) in [7, 11) is 1.33. The van der Waals surface area contributed by atoms with E-state index in [2.05, 4.69) is 10.0 Å². The summed E-state index contributed by atoms with van der Waals surface area (Å²) in [5.74, 6) is 0.397. The van der Waals surface area contributed by atoms with Crippen molar-refractivity contribution in [3.8, 4) is 5.75 Å². The Kier molecular flexibility index (Phi) is 9.34. The van der Waals surface area contributed by atoms with E-state index in [4.69, 9.17) is 29.8 Å². The molecule has 3 aromatic rings. The van der Waals surface area contributed by atoms with Crippen molar-refractivity contribution in [3.05, 3.63) is 118 Å². The van der Waals surface area contributed by atoms with Gasteiger partial charge in [-0.25, -0.2) is 9.79 Å². The zero-order chi connectivity index (χ0) is 27.5. The van der Waals surface area contributed by atoms with Crippen LogP contribution < -0.4 is 4.74 Å². The first kappa shape index (κ1) is 27.4. The van der Waals surface area contributed by atoms with Gasteiger partial charge in [0.25, 0.3) is 0 Å². The highest BCUT2D eigenvalue weighted by Crippen LogP contribution is 2.44. The van der Waals surface area contributed by atoms with E-state index in [1.54, 1.807) is 12.1 Å². The molecule has 0 unspecified atom stereocenters. The van der Waals surface area contributed by atoms with Crippen LogP contribution in [0.25, 0.3) is 16.5 Å². The summed E-state index contributed by atoms with van der Waals surface area (Å²) in [5, 5.41) is 12.7. The normalized spacial score (nSPS) is 18.2. The quantitative estimate of drug-likeness (QED) is 0.105. The lowest BCUT2D eigenvalue weighted by molar-refractivity contribution is -0.149. The van der Waals surface area contributed by atoms with Crippen LogP contribution in [-0.4, -0.2) is 42.8 Å². The maximum Gasteiger partial charge on any atom is 0.338 e. The van der Waals surface area contributed by atoms with Crippen molar-refractivity contribution in [1.29, 1.82) is 0 Å². The first-order valence-electron chi connectivity index (χ1n) is 12.6. The van der Waals surface area contributed by atoms with Gasteiger partial charge in [-0.2, -0.15) is 0 Å². The molecule has 0 aliphatic carbocycles. The Hall–Kier alpha value is -4.59. The summed E-state index contributed by atoms with van der Waals surface area (Å²) in [4.78, 5) is 21.3. The number of azide groups is 1. The number of aliphatic imine (C=N–C) groups is 1. The minimum atomic E-state index is -1.42. The fourth-order valence-corrected chi connectivity index (χ4v) is 4.42. The highest BCUT2D eigenvalue weighted by molar-refractivity contribution is 6.00. The number of ether oxygens (including phenoxy) is 3. The Morgan fingerprint density at radius 2 is 1.87 bits per heavy atom. The molecule has 1 N–H and O–H groups in total. The second-order valence-corrected chi connectivity index (χ2v) is 8.89. The minimum absolute atomic E-state index is 0.0552. The van der Waals surface area contributed by atoms with Gasteiger partial charge in [0.15, 0.2) is 6.10 Å². The van der Waals surface area contributed by atoms with Crippen molar-refractivity contribution >= 4 is 17.9 Å². The topological polar surface area (TPSA) is 126 Å². The van der Waals surface area contributed by atoms with Gasteiger partial charge in [0.05, 0.1) is 20.3 Å². The standard InChI is InChI=1S/C30H30N4O5/c1-37-29(36)30(18-7-11-22-9-3-2-4-10-22)27(26-13-6-5-12-24(26)21-32-34-31)39-28(33-30)23-14-16-25(17-15-23)38-20-8-19-35/h2-7,9-17,27,35H,8,18-21H2,1H3/b11-7+/t27-,30-/m1/s1. The number of aliphatic hydroxyl groups is 1. The van der Waals surface area contributed by atoms with Gasteiger partial charge in [-0.3, -0.25) is 0 Å². The number of rotatable bonds is 12. The number of esters is 1. The van der Waals surface area contributed by atoms with Gasteiger partial charge in [0, 0.05) is 29.9 Å². The molecule has 1 heterocycles. The number of aliphatic hydroxyl groups excluding tert-OH is 1. The van der Waals surface area contributed by atoms with E-state index >= 15 is 0 Å². The summed E-state index contributed by atoms with van der Waals surface area (Å²) < 4.78 is 17.4.